The number of aromatic nitrogens is 2. The molecule has 0 fully saturated rings. The fourth-order valence-electron chi connectivity index (χ4n) is 1.88. The maximum Gasteiger partial charge on any atom is 0.223 e. The van der Waals surface area contributed by atoms with Gasteiger partial charge >= 0.3 is 0 Å². The Morgan fingerprint density at radius 1 is 0.941 bits per heavy atom. The van der Waals surface area contributed by atoms with Crippen LogP contribution in [0.3, 0.4) is 0 Å². The van der Waals surface area contributed by atoms with Gasteiger partial charge < -0.3 is 17.2 Å². The molecule has 0 spiro atoms. The zero-order valence-electron chi connectivity index (χ0n) is 9.59. The minimum atomic E-state index is 0.0387. The lowest BCUT2D eigenvalue weighted by Gasteiger charge is -2.16. The van der Waals surface area contributed by atoms with Crippen LogP contribution in [-0.4, -0.2) is 9.97 Å². The molecular formula is C12H15N5. The molecule has 5 heteroatoms. The fraction of sp³-hybridized carbons (Fsp3) is 0.167. The van der Waals surface area contributed by atoms with Crippen LogP contribution in [0.15, 0.2) is 30.3 Å². The summed E-state index contributed by atoms with van der Waals surface area (Å²) in [7, 11) is 0. The van der Waals surface area contributed by atoms with E-state index < -0.39 is 0 Å². The van der Waals surface area contributed by atoms with E-state index in [9.17, 15) is 0 Å². The van der Waals surface area contributed by atoms with E-state index in [1.807, 2.05) is 37.3 Å². The van der Waals surface area contributed by atoms with Gasteiger partial charge in [0.15, 0.2) is 0 Å². The van der Waals surface area contributed by atoms with Crippen molar-refractivity contribution in [3.63, 3.8) is 0 Å². The quantitative estimate of drug-likeness (QED) is 0.721. The Bertz CT molecular complexity index is 501. The Hall–Kier alpha value is -2.30. The van der Waals surface area contributed by atoms with Crippen LogP contribution >= 0.6 is 0 Å². The summed E-state index contributed by atoms with van der Waals surface area (Å²) in [6.45, 7) is 2.01. The average Bonchev–Trinajstić information content (AvgIpc) is 2.28. The van der Waals surface area contributed by atoms with Crippen molar-refractivity contribution in [1.29, 1.82) is 0 Å². The molecule has 1 atom stereocenters. The smallest absolute Gasteiger partial charge is 0.223 e. The summed E-state index contributed by atoms with van der Waals surface area (Å²) in [4.78, 5) is 7.89. The number of hydrogen-bond donors (Lipinski definition) is 3. The van der Waals surface area contributed by atoms with E-state index in [-0.39, 0.29) is 11.9 Å². The van der Waals surface area contributed by atoms with E-state index in [0.717, 1.165) is 11.1 Å². The summed E-state index contributed by atoms with van der Waals surface area (Å²) < 4.78 is 0. The second-order valence-electron chi connectivity index (χ2n) is 3.90. The topological polar surface area (TPSA) is 104 Å². The van der Waals surface area contributed by atoms with Crippen molar-refractivity contribution in [3.05, 3.63) is 41.5 Å². The summed E-state index contributed by atoms with van der Waals surface area (Å²) in [6.07, 6.45) is 0. The van der Waals surface area contributed by atoms with Crippen LogP contribution in [0.5, 0.6) is 0 Å². The zero-order valence-corrected chi connectivity index (χ0v) is 9.59. The monoisotopic (exact) mass is 229 g/mol. The number of nitrogens with two attached hydrogens (primary N) is 3. The second kappa shape index (κ2) is 4.29. The van der Waals surface area contributed by atoms with Gasteiger partial charge in [-0.1, -0.05) is 37.3 Å². The lowest BCUT2D eigenvalue weighted by Crippen LogP contribution is -2.11. The highest BCUT2D eigenvalue weighted by atomic mass is 15.1. The SMILES string of the molecule is CC(c1ccccc1)c1c(N)nc(N)nc1N. The summed E-state index contributed by atoms with van der Waals surface area (Å²) >= 11 is 0. The summed E-state index contributed by atoms with van der Waals surface area (Å²) in [5.74, 6) is 0.818. The predicted molar refractivity (Wildman–Crippen MR) is 69.2 cm³/mol. The number of nitrogens with zero attached hydrogens (tertiary/aromatic N) is 2. The van der Waals surface area contributed by atoms with Gasteiger partial charge in [0.1, 0.15) is 11.6 Å². The molecule has 0 saturated heterocycles. The molecule has 2 aromatic rings. The average molecular weight is 229 g/mol. The van der Waals surface area contributed by atoms with Crippen LogP contribution in [0, 0.1) is 0 Å². The van der Waals surface area contributed by atoms with Gasteiger partial charge in [-0.15, -0.1) is 0 Å². The molecule has 0 aliphatic rings. The maximum atomic E-state index is 5.85. The van der Waals surface area contributed by atoms with Gasteiger partial charge in [-0.2, -0.15) is 9.97 Å². The van der Waals surface area contributed by atoms with Crippen molar-refractivity contribution >= 4 is 17.6 Å². The zero-order chi connectivity index (χ0) is 12.4. The normalized spacial score (nSPS) is 12.3. The molecule has 6 N–H and O–H groups in total. The van der Waals surface area contributed by atoms with Gasteiger partial charge in [0.05, 0.1) is 0 Å². The molecular weight excluding hydrogens is 214 g/mol. The number of rotatable bonds is 2. The van der Waals surface area contributed by atoms with E-state index in [4.69, 9.17) is 17.2 Å². The predicted octanol–water partition coefficient (Wildman–Crippen LogP) is 1.37. The van der Waals surface area contributed by atoms with Crippen molar-refractivity contribution in [2.45, 2.75) is 12.8 Å². The van der Waals surface area contributed by atoms with Crippen molar-refractivity contribution < 1.29 is 0 Å². The van der Waals surface area contributed by atoms with E-state index in [1.165, 1.54) is 0 Å². The number of benzene rings is 1. The Labute approximate surface area is 99.7 Å². The highest BCUT2D eigenvalue weighted by molar-refractivity contribution is 5.59. The first-order chi connectivity index (χ1) is 8.09. The molecule has 1 aromatic carbocycles. The van der Waals surface area contributed by atoms with Crippen LogP contribution in [-0.2, 0) is 0 Å². The largest absolute Gasteiger partial charge is 0.383 e. The highest BCUT2D eigenvalue weighted by Crippen LogP contribution is 2.31. The number of nitrogen functional groups attached to an aromatic ring is 3. The first-order valence-corrected chi connectivity index (χ1v) is 5.33. The molecule has 2 rings (SSSR count). The highest BCUT2D eigenvalue weighted by Gasteiger charge is 2.17. The molecule has 1 aromatic heterocycles. The number of anilines is 3. The molecule has 0 radical (unpaired) electrons. The Kier molecular flexibility index (Phi) is 2.82. The minimum Gasteiger partial charge on any atom is -0.383 e. The van der Waals surface area contributed by atoms with Gasteiger partial charge in [-0.3, -0.25) is 0 Å². The second-order valence-corrected chi connectivity index (χ2v) is 3.90. The van der Waals surface area contributed by atoms with Crippen molar-refractivity contribution in [2.24, 2.45) is 0 Å². The third-order valence-electron chi connectivity index (χ3n) is 2.75. The first kappa shape index (κ1) is 11.2. The maximum absolute atomic E-state index is 5.85. The van der Waals surface area contributed by atoms with E-state index in [0.29, 0.717) is 11.6 Å². The van der Waals surface area contributed by atoms with Crippen LogP contribution in [0.25, 0.3) is 0 Å². The van der Waals surface area contributed by atoms with Crippen LogP contribution < -0.4 is 17.2 Å². The Morgan fingerprint density at radius 2 is 1.47 bits per heavy atom. The van der Waals surface area contributed by atoms with E-state index >= 15 is 0 Å². The fourth-order valence-corrected chi connectivity index (χ4v) is 1.88. The van der Waals surface area contributed by atoms with E-state index in [2.05, 4.69) is 9.97 Å². The van der Waals surface area contributed by atoms with Crippen LogP contribution in [0.4, 0.5) is 17.6 Å². The lowest BCUT2D eigenvalue weighted by molar-refractivity contribution is 0.909. The summed E-state index contributed by atoms with van der Waals surface area (Å²) in [5.41, 5.74) is 19.0. The minimum absolute atomic E-state index is 0.0387. The molecule has 0 aliphatic heterocycles. The van der Waals surface area contributed by atoms with Crippen molar-refractivity contribution in [1.82, 2.24) is 9.97 Å². The van der Waals surface area contributed by atoms with Gasteiger partial charge in [-0.05, 0) is 5.56 Å². The first-order valence-electron chi connectivity index (χ1n) is 5.33. The molecule has 1 unspecified atom stereocenters. The molecule has 17 heavy (non-hydrogen) atoms. The molecule has 88 valence electrons. The van der Waals surface area contributed by atoms with Gasteiger partial charge in [0, 0.05) is 11.5 Å². The van der Waals surface area contributed by atoms with Crippen molar-refractivity contribution in [2.75, 3.05) is 17.2 Å². The standard InChI is InChI=1S/C12H15N5/c1-7(8-5-3-2-4-6-8)9-10(13)16-12(15)17-11(9)14/h2-7H,1H3,(H6,13,14,15,16,17). The third-order valence-corrected chi connectivity index (χ3v) is 2.75. The Morgan fingerprint density at radius 3 is 2.00 bits per heavy atom. The molecule has 0 aliphatic carbocycles. The van der Waals surface area contributed by atoms with Gasteiger partial charge in [-0.25, -0.2) is 0 Å². The molecule has 0 bridgehead atoms. The lowest BCUT2D eigenvalue weighted by atomic mass is 9.94. The molecule has 1 heterocycles. The van der Waals surface area contributed by atoms with Crippen molar-refractivity contribution in [3.8, 4) is 0 Å². The number of hydrogen-bond acceptors (Lipinski definition) is 5. The molecule has 0 saturated carbocycles. The summed E-state index contributed by atoms with van der Waals surface area (Å²) in [6, 6.07) is 9.93. The van der Waals surface area contributed by atoms with Crippen LogP contribution in [0.1, 0.15) is 24.0 Å². The van der Waals surface area contributed by atoms with Crippen LogP contribution in [0.2, 0.25) is 0 Å². The Balaban J connectivity index is 2.48. The van der Waals surface area contributed by atoms with E-state index in [1.54, 1.807) is 0 Å². The third kappa shape index (κ3) is 2.13. The molecule has 5 nitrogen and oxygen atoms in total. The molecule has 0 amide bonds. The summed E-state index contributed by atoms with van der Waals surface area (Å²) in [5, 5.41) is 0. The van der Waals surface area contributed by atoms with Gasteiger partial charge in [0.2, 0.25) is 5.95 Å². The van der Waals surface area contributed by atoms with Gasteiger partial charge in [0.25, 0.3) is 0 Å².